The van der Waals surface area contributed by atoms with Crippen LogP contribution in [0.2, 0.25) is 0 Å². The number of ether oxygens (including phenoxy) is 1. The summed E-state index contributed by atoms with van der Waals surface area (Å²) in [7, 11) is 3.59. The van der Waals surface area contributed by atoms with Crippen molar-refractivity contribution in [2.45, 2.75) is 19.9 Å². The molecule has 0 aliphatic carbocycles. The Hall–Kier alpha value is -1.06. The van der Waals surface area contributed by atoms with Crippen LogP contribution in [0.1, 0.15) is 25.5 Å². The normalized spacial score (nSPS) is 14.7. The molecule has 17 heavy (non-hydrogen) atoms. The van der Waals surface area contributed by atoms with E-state index in [1.54, 1.807) is 7.11 Å². The summed E-state index contributed by atoms with van der Waals surface area (Å²) in [6.45, 7) is 4.44. The van der Waals surface area contributed by atoms with Crippen molar-refractivity contribution in [3.63, 3.8) is 0 Å². The van der Waals surface area contributed by atoms with Gasteiger partial charge in [0.25, 0.3) is 0 Å². The third-order valence-electron chi connectivity index (χ3n) is 3.26. The van der Waals surface area contributed by atoms with Crippen LogP contribution in [0.5, 0.6) is 5.75 Å². The van der Waals surface area contributed by atoms with Gasteiger partial charge in [-0.05, 0) is 30.7 Å². The molecule has 0 heterocycles. The summed E-state index contributed by atoms with van der Waals surface area (Å²) < 4.78 is 5.23. The molecular weight excluding hydrogens is 214 g/mol. The van der Waals surface area contributed by atoms with Crippen LogP contribution in [-0.2, 0) is 0 Å². The average Bonchev–Trinajstić information content (AvgIpc) is 2.35. The van der Waals surface area contributed by atoms with E-state index in [0.717, 1.165) is 11.3 Å². The van der Waals surface area contributed by atoms with Crippen LogP contribution in [0.3, 0.4) is 0 Å². The van der Waals surface area contributed by atoms with E-state index in [0.29, 0.717) is 5.92 Å². The third kappa shape index (κ3) is 3.45. The lowest BCUT2D eigenvalue weighted by molar-refractivity contribution is 0.154. The SMILES string of the molecule is CNC(c1cccc(OC)c1)C(CO)C(C)C. The highest BCUT2D eigenvalue weighted by Gasteiger charge is 2.24. The van der Waals surface area contributed by atoms with E-state index in [1.807, 2.05) is 25.2 Å². The molecule has 0 saturated heterocycles. The molecule has 0 aliphatic rings. The maximum absolute atomic E-state index is 9.51. The summed E-state index contributed by atoms with van der Waals surface area (Å²) in [5.41, 5.74) is 1.15. The van der Waals surface area contributed by atoms with Crippen molar-refractivity contribution in [3.8, 4) is 5.75 Å². The molecule has 0 radical (unpaired) electrons. The molecule has 2 N–H and O–H groups in total. The van der Waals surface area contributed by atoms with Crippen molar-refractivity contribution in [2.75, 3.05) is 20.8 Å². The fourth-order valence-corrected chi connectivity index (χ4v) is 2.16. The van der Waals surface area contributed by atoms with Crippen LogP contribution >= 0.6 is 0 Å². The minimum absolute atomic E-state index is 0.148. The van der Waals surface area contributed by atoms with Gasteiger partial charge < -0.3 is 15.2 Å². The monoisotopic (exact) mass is 237 g/mol. The first-order chi connectivity index (χ1) is 8.13. The molecule has 0 fully saturated rings. The van der Waals surface area contributed by atoms with Gasteiger partial charge in [0.1, 0.15) is 5.75 Å². The minimum Gasteiger partial charge on any atom is -0.497 e. The number of nitrogens with one attached hydrogen (secondary N) is 1. The van der Waals surface area contributed by atoms with E-state index < -0.39 is 0 Å². The van der Waals surface area contributed by atoms with Crippen LogP contribution in [-0.4, -0.2) is 25.9 Å². The number of methoxy groups -OCH3 is 1. The van der Waals surface area contributed by atoms with Gasteiger partial charge in [-0.15, -0.1) is 0 Å². The highest BCUT2D eigenvalue weighted by Crippen LogP contribution is 2.29. The zero-order valence-electron chi connectivity index (χ0n) is 11.1. The van der Waals surface area contributed by atoms with E-state index in [1.165, 1.54) is 0 Å². The van der Waals surface area contributed by atoms with Gasteiger partial charge in [0.2, 0.25) is 0 Å². The average molecular weight is 237 g/mol. The zero-order chi connectivity index (χ0) is 12.8. The Kier molecular flexibility index (Phi) is 5.45. The van der Waals surface area contributed by atoms with Gasteiger partial charge >= 0.3 is 0 Å². The summed E-state index contributed by atoms with van der Waals surface area (Å²) in [6, 6.07) is 8.14. The molecule has 1 aromatic rings. The van der Waals surface area contributed by atoms with E-state index in [9.17, 15) is 5.11 Å². The lowest BCUT2D eigenvalue weighted by Crippen LogP contribution is -2.31. The van der Waals surface area contributed by atoms with Crippen molar-refractivity contribution in [3.05, 3.63) is 29.8 Å². The molecule has 0 saturated carbocycles. The summed E-state index contributed by atoms with van der Waals surface area (Å²) >= 11 is 0. The Morgan fingerprint density at radius 2 is 2.06 bits per heavy atom. The van der Waals surface area contributed by atoms with E-state index in [-0.39, 0.29) is 18.6 Å². The van der Waals surface area contributed by atoms with E-state index in [4.69, 9.17) is 4.74 Å². The van der Waals surface area contributed by atoms with E-state index >= 15 is 0 Å². The second-order valence-corrected chi connectivity index (χ2v) is 4.63. The molecule has 1 rings (SSSR count). The number of rotatable bonds is 6. The zero-order valence-corrected chi connectivity index (χ0v) is 11.1. The molecule has 3 nitrogen and oxygen atoms in total. The van der Waals surface area contributed by atoms with Crippen molar-refractivity contribution in [2.24, 2.45) is 11.8 Å². The van der Waals surface area contributed by atoms with E-state index in [2.05, 4.69) is 25.2 Å². The molecule has 96 valence electrons. The summed E-state index contributed by atoms with van der Waals surface area (Å²) in [6.07, 6.45) is 0. The number of hydrogen-bond acceptors (Lipinski definition) is 3. The molecule has 1 aromatic carbocycles. The Morgan fingerprint density at radius 1 is 1.35 bits per heavy atom. The molecule has 0 amide bonds. The van der Waals surface area contributed by atoms with Crippen LogP contribution in [0.4, 0.5) is 0 Å². The Balaban J connectivity index is 2.99. The smallest absolute Gasteiger partial charge is 0.119 e. The molecule has 0 bridgehead atoms. The minimum atomic E-state index is 0.148. The van der Waals surface area contributed by atoms with Gasteiger partial charge in [0, 0.05) is 18.6 Å². The number of benzene rings is 1. The number of aliphatic hydroxyl groups excluding tert-OH is 1. The topological polar surface area (TPSA) is 41.5 Å². The van der Waals surface area contributed by atoms with Gasteiger partial charge in [0.05, 0.1) is 7.11 Å². The first-order valence-electron chi connectivity index (χ1n) is 6.06. The van der Waals surface area contributed by atoms with Crippen molar-refractivity contribution >= 4 is 0 Å². The fourth-order valence-electron chi connectivity index (χ4n) is 2.16. The van der Waals surface area contributed by atoms with Crippen LogP contribution in [0, 0.1) is 11.8 Å². The maximum Gasteiger partial charge on any atom is 0.119 e. The summed E-state index contributed by atoms with van der Waals surface area (Å²) in [5, 5.41) is 12.8. The predicted octanol–water partition coefficient (Wildman–Crippen LogP) is 2.22. The lowest BCUT2D eigenvalue weighted by atomic mass is 9.85. The van der Waals surface area contributed by atoms with Crippen molar-refractivity contribution < 1.29 is 9.84 Å². The second kappa shape index (κ2) is 6.62. The van der Waals surface area contributed by atoms with Crippen molar-refractivity contribution in [1.29, 1.82) is 0 Å². The highest BCUT2D eigenvalue weighted by atomic mass is 16.5. The molecule has 2 atom stereocenters. The Morgan fingerprint density at radius 3 is 2.53 bits per heavy atom. The second-order valence-electron chi connectivity index (χ2n) is 4.63. The van der Waals surface area contributed by atoms with Crippen molar-refractivity contribution in [1.82, 2.24) is 5.32 Å². The molecule has 0 aromatic heterocycles. The van der Waals surface area contributed by atoms with Crippen LogP contribution in [0.15, 0.2) is 24.3 Å². The molecule has 0 aliphatic heterocycles. The molecule has 3 heteroatoms. The van der Waals surface area contributed by atoms with Crippen LogP contribution < -0.4 is 10.1 Å². The van der Waals surface area contributed by atoms with Gasteiger partial charge in [0.15, 0.2) is 0 Å². The largest absolute Gasteiger partial charge is 0.497 e. The summed E-state index contributed by atoms with van der Waals surface area (Å²) in [4.78, 5) is 0. The number of aliphatic hydroxyl groups is 1. The highest BCUT2D eigenvalue weighted by molar-refractivity contribution is 5.31. The Bertz CT molecular complexity index is 339. The molecule has 2 unspecified atom stereocenters. The maximum atomic E-state index is 9.51. The standard InChI is InChI=1S/C14H23NO2/c1-10(2)13(9-16)14(15-3)11-6-5-7-12(8-11)17-4/h5-8,10,13-16H,9H2,1-4H3. The van der Waals surface area contributed by atoms with Gasteiger partial charge in [-0.1, -0.05) is 26.0 Å². The molecular formula is C14H23NO2. The lowest BCUT2D eigenvalue weighted by Gasteiger charge is -2.29. The Labute approximate surface area is 104 Å². The third-order valence-corrected chi connectivity index (χ3v) is 3.26. The summed E-state index contributed by atoms with van der Waals surface area (Å²) in [5.74, 6) is 1.47. The first kappa shape index (κ1) is 14.0. The molecule has 0 spiro atoms. The fraction of sp³-hybridized carbons (Fsp3) is 0.571. The van der Waals surface area contributed by atoms with Gasteiger partial charge in [-0.3, -0.25) is 0 Å². The van der Waals surface area contributed by atoms with Gasteiger partial charge in [-0.2, -0.15) is 0 Å². The van der Waals surface area contributed by atoms with Gasteiger partial charge in [-0.25, -0.2) is 0 Å². The first-order valence-corrected chi connectivity index (χ1v) is 6.06. The quantitative estimate of drug-likeness (QED) is 0.797. The number of hydrogen-bond donors (Lipinski definition) is 2. The van der Waals surface area contributed by atoms with Crippen LogP contribution in [0.25, 0.3) is 0 Å². The predicted molar refractivity (Wildman–Crippen MR) is 70.2 cm³/mol.